The Morgan fingerprint density at radius 1 is 0.875 bits per heavy atom. The van der Waals surface area contributed by atoms with E-state index in [-0.39, 0.29) is 12.4 Å². The highest BCUT2D eigenvalue weighted by molar-refractivity contribution is 5.92. The van der Waals surface area contributed by atoms with Crippen molar-refractivity contribution < 1.29 is 14.4 Å². The Morgan fingerprint density at radius 3 is 2.09 bits per heavy atom. The summed E-state index contributed by atoms with van der Waals surface area (Å²) in [4.78, 5) is 41.1. The van der Waals surface area contributed by atoms with Gasteiger partial charge in [0.25, 0.3) is 0 Å². The van der Waals surface area contributed by atoms with E-state index in [2.05, 4.69) is 15.6 Å². The fraction of sp³-hybridized carbons (Fsp3) is 0.524. The van der Waals surface area contributed by atoms with E-state index >= 15 is 0 Å². The number of aliphatic imine (C=N–C) groups is 1. The molecule has 0 spiro atoms. The van der Waals surface area contributed by atoms with Crippen LogP contribution in [0.15, 0.2) is 35.3 Å². The molecule has 0 aromatic heterocycles. The molecule has 11 heteroatoms. The summed E-state index contributed by atoms with van der Waals surface area (Å²) in [5.74, 6) is -1.70. The molecule has 1 aromatic carbocycles. The number of primary amides is 1. The molecule has 0 heterocycles. The van der Waals surface area contributed by atoms with Crippen LogP contribution in [0.3, 0.4) is 0 Å². The number of hydrogen-bond donors (Lipinski definition) is 7. The van der Waals surface area contributed by atoms with Crippen LogP contribution in [0.4, 0.5) is 0 Å². The van der Waals surface area contributed by atoms with E-state index in [1.54, 1.807) is 0 Å². The van der Waals surface area contributed by atoms with Crippen LogP contribution in [0.2, 0.25) is 0 Å². The smallest absolute Gasteiger partial charge is 0.243 e. The molecular formula is C21H36N8O3. The van der Waals surface area contributed by atoms with E-state index in [0.29, 0.717) is 45.2 Å². The molecule has 1 aromatic rings. The van der Waals surface area contributed by atoms with Gasteiger partial charge in [0.1, 0.15) is 12.1 Å². The highest BCUT2D eigenvalue weighted by atomic mass is 16.2. The molecule has 178 valence electrons. The number of carbonyl (C=O) groups is 3. The minimum absolute atomic E-state index is 0.0563. The molecule has 11 nitrogen and oxygen atoms in total. The van der Waals surface area contributed by atoms with Crippen molar-refractivity contribution in [1.82, 2.24) is 10.6 Å². The minimum atomic E-state index is -0.913. The van der Waals surface area contributed by atoms with Crippen molar-refractivity contribution in [3.05, 3.63) is 35.9 Å². The van der Waals surface area contributed by atoms with Gasteiger partial charge in [0.15, 0.2) is 5.96 Å². The third-order valence-corrected chi connectivity index (χ3v) is 4.82. The van der Waals surface area contributed by atoms with Crippen molar-refractivity contribution in [2.24, 2.45) is 33.7 Å². The first-order chi connectivity index (χ1) is 15.2. The number of nitrogens with two attached hydrogens (primary N) is 5. The van der Waals surface area contributed by atoms with Crippen LogP contribution in [0, 0.1) is 0 Å². The summed E-state index contributed by atoms with van der Waals surface area (Å²) >= 11 is 0. The zero-order valence-corrected chi connectivity index (χ0v) is 18.3. The lowest BCUT2D eigenvalue weighted by atomic mass is 10.0. The molecule has 0 saturated heterocycles. The van der Waals surface area contributed by atoms with Crippen LogP contribution < -0.4 is 39.3 Å². The number of rotatable bonds is 15. The zero-order chi connectivity index (χ0) is 23.9. The Kier molecular flexibility index (Phi) is 12.4. The largest absolute Gasteiger partial charge is 0.370 e. The zero-order valence-electron chi connectivity index (χ0n) is 18.3. The van der Waals surface area contributed by atoms with Crippen LogP contribution in [0.5, 0.6) is 0 Å². The number of carbonyl (C=O) groups excluding carboxylic acids is 3. The van der Waals surface area contributed by atoms with Gasteiger partial charge in [-0.25, -0.2) is 0 Å². The van der Waals surface area contributed by atoms with Gasteiger partial charge in [0.05, 0.1) is 6.04 Å². The molecular weight excluding hydrogens is 412 g/mol. The Labute approximate surface area is 188 Å². The molecule has 0 fully saturated rings. The van der Waals surface area contributed by atoms with Crippen LogP contribution in [-0.4, -0.2) is 54.9 Å². The standard InChI is InChI=1S/C21H36N8O3/c22-11-5-4-9-17(29-19(31)15(23)13-14-7-2-1-3-8-14)20(32)28-16(18(24)30)10-6-12-27-21(25)26/h1-3,7-8,15-17H,4-6,9-13,22-23H2,(H2,24,30)(H,28,32)(H,29,31)(H4,25,26,27)/t15-,16-,17-/m0/s1. The van der Waals surface area contributed by atoms with E-state index in [0.717, 1.165) is 5.56 Å². The third kappa shape index (κ3) is 10.7. The lowest BCUT2D eigenvalue weighted by molar-refractivity contribution is -0.132. The van der Waals surface area contributed by atoms with Gasteiger partial charge < -0.3 is 39.3 Å². The Balaban J connectivity index is 2.74. The molecule has 0 radical (unpaired) electrons. The molecule has 3 atom stereocenters. The van der Waals surface area contributed by atoms with E-state index in [1.807, 2.05) is 30.3 Å². The number of nitrogens with one attached hydrogen (secondary N) is 2. The number of nitrogens with zero attached hydrogens (tertiary/aromatic N) is 1. The summed E-state index contributed by atoms with van der Waals surface area (Å²) in [5, 5.41) is 5.31. The quantitative estimate of drug-likeness (QED) is 0.0925. The van der Waals surface area contributed by atoms with Gasteiger partial charge in [0.2, 0.25) is 17.7 Å². The van der Waals surface area contributed by atoms with Gasteiger partial charge in [-0.1, -0.05) is 30.3 Å². The highest BCUT2D eigenvalue weighted by Crippen LogP contribution is 2.06. The predicted octanol–water partition coefficient (Wildman–Crippen LogP) is -1.81. The maximum atomic E-state index is 12.8. The number of guanidine groups is 1. The van der Waals surface area contributed by atoms with Crippen molar-refractivity contribution in [3.8, 4) is 0 Å². The summed E-state index contributed by atoms with van der Waals surface area (Å²) in [5.41, 5.74) is 28.5. The third-order valence-electron chi connectivity index (χ3n) is 4.82. The first-order valence-electron chi connectivity index (χ1n) is 10.7. The Bertz CT molecular complexity index is 753. The molecule has 0 aliphatic heterocycles. The topological polar surface area (TPSA) is 218 Å². The summed E-state index contributed by atoms with van der Waals surface area (Å²) in [6.45, 7) is 0.761. The second-order valence-electron chi connectivity index (χ2n) is 7.55. The van der Waals surface area contributed by atoms with Gasteiger partial charge in [0, 0.05) is 6.54 Å². The fourth-order valence-electron chi connectivity index (χ4n) is 3.06. The minimum Gasteiger partial charge on any atom is -0.370 e. The normalized spacial score (nSPS) is 13.4. The predicted molar refractivity (Wildman–Crippen MR) is 124 cm³/mol. The van der Waals surface area contributed by atoms with Crippen molar-refractivity contribution >= 4 is 23.7 Å². The van der Waals surface area contributed by atoms with Gasteiger partial charge in [-0.3, -0.25) is 19.4 Å². The average molecular weight is 449 g/mol. The van der Waals surface area contributed by atoms with Gasteiger partial charge in [-0.2, -0.15) is 0 Å². The second-order valence-corrected chi connectivity index (χ2v) is 7.55. The summed E-state index contributed by atoms with van der Waals surface area (Å²) < 4.78 is 0. The van der Waals surface area contributed by atoms with Crippen LogP contribution in [-0.2, 0) is 20.8 Å². The molecule has 0 aliphatic rings. The highest BCUT2D eigenvalue weighted by Gasteiger charge is 2.27. The van der Waals surface area contributed by atoms with Gasteiger partial charge in [-0.05, 0) is 50.6 Å². The first kappa shape index (κ1) is 26.9. The van der Waals surface area contributed by atoms with Crippen molar-refractivity contribution in [1.29, 1.82) is 0 Å². The molecule has 0 bridgehead atoms. The molecule has 0 unspecified atom stereocenters. The molecule has 0 saturated carbocycles. The van der Waals surface area contributed by atoms with Crippen molar-refractivity contribution in [3.63, 3.8) is 0 Å². The number of hydrogen-bond acceptors (Lipinski definition) is 6. The maximum Gasteiger partial charge on any atom is 0.243 e. The second kappa shape index (κ2) is 14.8. The monoisotopic (exact) mass is 448 g/mol. The van der Waals surface area contributed by atoms with Crippen LogP contribution >= 0.6 is 0 Å². The lowest BCUT2D eigenvalue weighted by Crippen LogP contribution is -2.55. The van der Waals surface area contributed by atoms with E-state index < -0.39 is 35.8 Å². The molecule has 12 N–H and O–H groups in total. The van der Waals surface area contributed by atoms with E-state index in [1.165, 1.54) is 0 Å². The average Bonchev–Trinajstić information content (AvgIpc) is 2.75. The van der Waals surface area contributed by atoms with Crippen molar-refractivity contribution in [2.45, 2.75) is 56.7 Å². The lowest BCUT2D eigenvalue weighted by Gasteiger charge is -2.23. The number of benzene rings is 1. The number of amides is 3. The van der Waals surface area contributed by atoms with Crippen molar-refractivity contribution in [2.75, 3.05) is 13.1 Å². The molecule has 0 aliphatic carbocycles. The first-order valence-corrected chi connectivity index (χ1v) is 10.7. The van der Waals surface area contributed by atoms with E-state index in [4.69, 9.17) is 28.7 Å². The molecule has 32 heavy (non-hydrogen) atoms. The van der Waals surface area contributed by atoms with E-state index in [9.17, 15) is 14.4 Å². The fourth-order valence-corrected chi connectivity index (χ4v) is 3.06. The van der Waals surface area contributed by atoms with Gasteiger partial charge >= 0.3 is 0 Å². The molecule has 3 amide bonds. The summed E-state index contributed by atoms with van der Waals surface area (Å²) in [7, 11) is 0. The SMILES string of the molecule is NCCCC[C@H](NC(=O)[C@@H](N)Cc1ccccc1)C(=O)N[C@@H](CCCN=C(N)N)C(N)=O. The van der Waals surface area contributed by atoms with Crippen LogP contribution in [0.1, 0.15) is 37.7 Å². The molecule has 1 rings (SSSR count). The summed E-state index contributed by atoms with van der Waals surface area (Å²) in [6, 6.07) is 6.74. The number of unbranched alkanes of at least 4 members (excludes halogenated alkanes) is 1. The summed E-state index contributed by atoms with van der Waals surface area (Å²) in [6.07, 6.45) is 2.69. The van der Waals surface area contributed by atoms with Gasteiger partial charge in [-0.15, -0.1) is 0 Å². The maximum absolute atomic E-state index is 12.8. The Hall–Kier alpha value is -3.18. The van der Waals surface area contributed by atoms with Crippen LogP contribution in [0.25, 0.3) is 0 Å². The Morgan fingerprint density at radius 2 is 1.50 bits per heavy atom.